The van der Waals surface area contributed by atoms with Gasteiger partial charge in [-0.25, -0.2) is 10.4 Å². The Morgan fingerprint density at radius 1 is 1.79 bits per heavy atom. The van der Waals surface area contributed by atoms with Crippen molar-refractivity contribution in [2.75, 3.05) is 0 Å². The first-order chi connectivity index (χ1) is 6.43. The molecule has 0 aliphatic carbocycles. The standard InChI is InChI=1S/C7H10ClF2N3S/c1-4-3-14-6(12-4)2-5(13-11)7(8,9)10/h3,5,13H,2,11H2,1H3. The zero-order valence-electron chi connectivity index (χ0n) is 7.43. The Hall–Kier alpha value is -0.300. The van der Waals surface area contributed by atoms with Crippen molar-refractivity contribution in [3.05, 3.63) is 16.1 Å². The second kappa shape index (κ2) is 4.48. The molecule has 14 heavy (non-hydrogen) atoms. The molecule has 1 rings (SSSR count). The van der Waals surface area contributed by atoms with E-state index in [0.717, 1.165) is 5.69 Å². The average Bonchev–Trinajstić information content (AvgIpc) is 2.45. The lowest BCUT2D eigenvalue weighted by Crippen LogP contribution is -2.46. The zero-order valence-corrected chi connectivity index (χ0v) is 9.00. The molecule has 7 heteroatoms. The Balaban J connectivity index is 2.66. The first-order valence-electron chi connectivity index (χ1n) is 3.87. The van der Waals surface area contributed by atoms with Crippen LogP contribution in [0.3, 0.4) is 0 Å². The van der Waals surface area contributed by atoms with Crippen molar-refractivity contribution in [2.24, 2.45) is 5.84 Å². The fraction of sp³-hybridized carbons (Fsp3) is 0.571. The highest BCUT2D eigenvalue weighted by atomic mass is 35.5. The van der Waals surface area contributed by atoms with Crippen LogP contribution >= 0.6 is 22.9 Å². The SMILES string of the molecule is Cc1csc(CC(NN)C(F)(F)Cl)n1. The normalized spacial score (nSPS) is 14.4. The number of aromatic nitrogens is 1. The number of nitrogens with two attached hydrogens (primary N) is 1. The van der Waals surface area contributed by atoms with E-state index >= 15 is 0 Å². The van der Waals surface area contributed by atoms with Crippen molar-refractivity contribution in [1.29, 1.82) is 0 Å². The molecule has 0 aliphatic rings. The molecule has 3 N–H and O–H groups in total. The van der Waals surface area contributed by atoms with Gasteiger partial charge in [-0.1, -0.05) is 0 Å². The lowest BCUT2D eigenvalue weighted by molar-refractivity contribution is 0.0502. The molecule has 0 aliphatic heterocycles. The third-order valence-corrected chi connectivity index (χ3v) is 2.89. The average molecular weight is 242 g/mol. The van der Waals surface area contributed by atoms with Crippen molar-refractivity contribution in [3.8, 4) is 0 Å². The smallest absolute Gasteiger partial charge is 0.271 e. The van der Waals surface area contributed by atoms with Gasteiger partial charge < -0.3 is 0 Å². The van der Waals surface area contributed by atoms with Gasteiger partial charge in [0.1, 0.15) is 6.04 Å². The van der Waals surface area contributed by atoms with Crippen molar-refractivity contribution < 1.29 is 8.78 Å². The van der Waals surface area contributed by atoms with Gasteiger partial charge in [-0.15, -0.1) is 11.3 Å². The number of thiazole rings is 1. The van der Waals surface area contributed by atoms with Crippen molar-refractivity contribution in [2.45, 2.75) is 24.8 Å². The second-order valence-corrected chi connectivity index (χ2v) is 4.29. The largest absolute Gasteiger partial charge is 0.338 e. The highest BCUT2D eigenvalue weighted by Crippen LogP contribution is 2.26. The maximum atomic E-state index is 12.7. The van der Waals surface area contributed by atoms with Crippen LogP contribution in [-0.2, 0) is 6.42 Å². The van der Waals surface area contributed by atoms with Gasteiger partial charge in [0, 0.05) is 17.5 Å². The molecule has 0 aromatic carbocycles. The summed E-state index contributed by atoms with van der Waals surface area (Å²) in [7, 11) is 0. The molecule has 0 fully saturated rings. The number of alkyl halides is 3. The van der Waals surface area contributed by atoms with Crippen LogP contribution in [0.5, 0.6) is 0 Å². The number of rotatable bonds is 4. The Bertz CT molecular complexity index is 299. The summed E-state index contributed by atoms with van der Waals surface area (Å²) in [4.78, 5) is 4.04. The molecule has 1 aromatic rings. The van der Waals surface area contributed by atoms with Crippen LogP contribution in [-0.4, -0.2) is 16.4 Å². The summed E-state index contributed by atoms with van der Waals surface area (Å²) in [6, 6.07) is -1.30. The van der Waals surface area contributed by atoms with Crippen LogP contribution in [0.15, 0.2) is 5.38 Å². The molecule has 80 valence electrons. The maximum absolute atomic E-state index is 12.7. The lowest BCUT2D eigenvalue weighted by Gasteiger charge is -2.19. The maximum Gasteiger partial charge on any atom is 0.338 e. The fourth-order valence-corrected chi connectivity index (χ4v) is 1.90. The van der Waals surface area contributed by atoms with E-state index in [1.807, 2.05) is 5.43 Å². The molecular formula is C7H10ClF2N3S. The first-order valence-corrected chi connectivity index (χ1v) is 5.13. The monoisotopic (exact) mass is 241 g/mol. The highest BCUT2D eigenvalue weighted by Gasteiger charge is 2.36. The minimum absolute atomic E-state index is 0.0194. The number of hydrogen-bond donors (Lipinski definition) is 2. The molecule has 0 bridgehead atoms. The van der Waals surface area contributed by atoms with Gasteiger partial charge in [-0.3, -0.25) is 5.84 Å². The predicted octanol–water partition coefficient (Wildman–Crippen LogP) is 1.66. The third-order valence-electron chi connectivity index (χ3n) is 1.64. The summed E-state index contributed by atoms with van der Waals surface area (Å²) in [5.74, 6) is 4.98. The Morgan fingerprint density at radius 2 is 2.43 bits per heavy atom. The number of nitrogens with one attached hydrogen (secondary N) is 1. The fourth-order valence-electron chi connectivity index (χ4n) is 0.940. The summed E-state index contributed by atoms with van der Waals surface area (Å²) >= 11 is 6.17. The van der Waals surface area contributed by atoms with Crippen LogP contribution in [0, 0.1) is 6.92 Å². The molecular weight excluding hydrogens is 232 g/mol. The Labute approximate surface area is 89.2 Å². The molecule has 1 aromatic heterocycles. The Morgan fingerprint density at radius 3 is 2.79 bits per heavy atom. The predicted molar refractivity (Wildman–Crippen MR) is 52.5 cm³/mol. The summed E-state index contributed by atoms with van der Waals surface area (Å²) in [6.07, 6.45) is 0.0194. The van der Waals surface area contributed by atoms with Crippen LogP contribution in [0.4, 0.5) is 8.78 Å². The number of hydrazine groups is 1. The van der Waals surface area contributed by atoms with Gasteiger partial charge in [-0.05, 0) is 18.5 Å². The number of halogens is 3. The molecule has 0 amide bonds. The molecule has 0 saturated carbocycles. The number of aryl methyl sites for hydroxylation is 1. The second-order valence-electron chi connectivity index (χ2n) is 2.85. The molecule has 0 radical (unpaired) electrons. The van der Waals surface area contributed by atoms with E-state index in [2.05, 4.69) is 4.98 Å². The minimum atomic E-state index is -3.37. The van der Waals surface area contributed by atoms with E-state index in [1.165, 1.54) is 11.3 Å². The van der Waals surface area contributed by atoms with E-state index in [9.17, 15) is 8.78 Å². The lowest BCUT2D eigenvalue weighted by atomic mass is 10.2. The van der Waals surface area contributed by atoms with Gasteiger partial charge in [0.05, 0.1) is 5.01 Å². The van der Waals surface area contributed by atoms with Crippen LogP contribution in [0.2, 0.25) is 0 Å². The zero-order chi connectivity index (χ0) is 10.8. The van der Waals surface area contributed by atoms with Gasteiger partial charge in [0.2, 0.25) is 0 Å². The van der Waals surface area contributed by atoms with Crippen molar-refractivity contribution in [3.63, 3.8) is 0 Å². The summed E-state index contributed by atoms with van der Waals surface area (Å²) in [5.41, 5.74) is 2.79. The molecule has 3 nitrogen and oxygen atoms in total. The van der Waals surface area contributed by atoms with Gasteiger partial charge >= 0.3 is 5.38 Å². The molecule has 1 atom stereocenters. The number of hydrogen-bond acceptors (Lipinski definition) is 4. The summed E-state index contributed by atoms with van der Waals surface area (Å²) in [5, 5.41) is -0.991. The van der Waals surface area contributed by atoms with E-state index in [4.69, 9.17) is 17.4 Å². The van der Waals surface area contributed by atoms with Gasteiger partial charge in [0.15, 0.2) is 0 Å². The van der Waals surface area contributed by atoms with Crippen LogP contribution < -0.4 is 11.3 Å². The van der Waals surface area contributed by atoms with E-state index < -0.39 is 11.4 Å². The topological polar surface area (TPSA) is 50.9 Å². The summed E-state index contributed by atoms with van der Waals surface area (Å²) in [6.45, 7) is 1.80. The van der Waals surface area contributed by atoms with E-state index in [1.54, 1.807) is 12.3 Å². The minimum Gasteiger partial charge on any atom is -0.271 e. The first kappa shape index (κ1) is 11.8. The van der Waals surface area contributed by atoms with Gasteiger partial charge in [0.25, 0.3) is 0 Å². The Kier molecular flexibility index (Phi) is 3.77. The van der Waals surface area contributed by atoms with Gasteiger partial charge in [-0.2, -0.15) is 8.78 Å². The van der Waals surface area contributed by atoms with Crippen molar-refractivity contribution >= 4 is 22.9 Å². The molecule has 1 heterocycles. The molecule has 1 unspecified atom stereocenters. The van der Waals surface area contributed by atoms with Crippen LogP contribution in [0.1, 0.15) is 10.7 Å². The molecule has 0 spiro atoms. The highest BCUT2D eigenvalue weighted by molar-refractivity contribution is 7.09. The number of nitrogens with zero attached hydrogens (tertiary/aromatic N) is 1. The van der Waals surface area contributed by atoms with E-state index in [-0.39, 0.29) is 6.42 Å². The van der Waals surface area contributed by atoms with E-state index in [0.29, 0.717) is 5.01 Å². The van der Waals surface area contributed by atoms with Crippen molar-refractivity contribution in [1.82, 2.24) is 10.4 Å². The summed E-state index contributed by atoms with van der Waals surface area (Å²) < 4.78 is 25.4. The molecule has 0 saturated heterocycles. The third kappa shape index (κ3) is 3.13. The quantitative estimate of drug-likeness (QED) is 0.479. The van der Waals surface area contributed by atoms with Crippen LogP contribution in [0.25, 0.3) is 0 Å².